The average molecular weight is 214 g/mol. The summed E-state index contributed by atoms with van der Waals surface area (Å²) in [7, 11) is -1.78. The third-order valence-corrected chi connectivity index (χ3v) is 3.24. The van der Waals surface area contributed by atoms with E-state index in [1.54, 1.807) is 24.3 Å². The lowest BCUT2D eigenvalue weighted by Crippen LogP contribution is -2.25. The van der Waals surface area contributed by atoms with Crippen molar-refractivity contribution in [1.29, 1.82) is 0 Å². The molecule has 0 fully saturated rings. The molecule has 1 heterocycles. The van der Waals surface area contributed by atoms with Gasteiger partial charge in [-0.15, -0.1) is 0 Å². The zero-order valence-corrected chi connectivity index (χ0v) is 9.30. The topological polar surface area (TPSA) is 49.4 Å². The Balaban J connectivity index is 0.000000461. The minimum atomic E-state index is -3.30. The van der Waals surface area contributed by atoms with Crippen LogP contribution in [0.3, 0.4) is 0 Å². The maximum absolute atomic E-state index is 11.2. The van der Waals surface area contributed by atoms with Gasteiger partial charge in [-0.05, 0) is 12.1 Å². The van der Waals surface area contributed by atoms with Gasteiger partial charge < -0.3 is 0 Å². The highest BCUT2D eigenvalue weighted by Gasteiger charge is 2.28. The zero-order chi connectivity index (χ0) is 10.8. The third kappa shape index (κ3) is 1.68. The van der Waals surface area contributed by atoms with Gasteiger partial charge >= 0.3 is 10.2 Å². The number of anilines is 2. The van der Waals surface area contributed by atoms with Crippen molar-refractivity contribution in [3.8, 4) is 0 Å². The molecule has 0 saturated carbocycles. The van der Waals surface area contributed by atoms with Gasteiger partial charge in [-0.25, -0.2) is 0 Å². The lowest BCUT2D eigenvalue weighted by molar-refractivity contribution is 0.601. The molecule has 5 heteroatoms. The van der Waals surface area contributed by atoms with E-state index in [1.807, 2.05) is 13.8 Å². The highest BCUT2D eigenvalue weighted by Crippen LogP contribution is 2.33. The van der Waals surface area contributed by atoms with Crippen LogP contribution in [0.5, 0.6) is 0 Å². The summed E-state index contributed by atoms with van der Waals surface area (Å²) in [5.41, 5.74) is 1.33. The number of nitrogens with zero attached hydrogens (tertiary/aromatic N) is 1. The molecule has 0 spiro atoms. The largest absolute Gasteiger partial charge is 0.323 e. The van der Waals surface area contributed by atoms with E-state index in [1.165, 1.54) is 11.4 Å². The molecule has 1 aromatic rings. The van der Waals surface area contributed by atoms with E-state index in [-0.39, 0.29) is 0 Å². The first-order chi connectivity index (χ1) is 6.61. The summed E-state index contributed by atoms with van der Waals surface area (Å²) in [5.74, 6) is 0. The van der Waals surface area contributed by atoms with Gasteiger partial charge in [0.15, 0.2) is 0 Å². The number of fused-ring (bicyclic) bond motifs is 1. The van der Waals surface area contributed by atoms with Crippen molar-refractivity contribution in [2.45, 2.75) is 13.8 Å². The summed E-state index contributed by atoms with van der Waals surface area (Å²) in [6.07, 6.45) is 0. The molecule has 0 aromatic heterocycles. The van der Waals surface area contributed by atoms with E-state index < -0.39 is 10.2 Å². The molecule has 0 bridgehead atoms. The van der Waals surface area contributed by atoms with Crippen LogP contribution in [-0.2, 0) is 10.2 Å². The fourth-order valence-electron chi connectivity index (χ4n) is 1.17. The Morgan fingerprint density at radius 3 is 2.36 bits per heavy atom. The molecule has 0 saturated heterocycles. The van der Waals surface area contributed by atoms with E-state index in [4.69, 9.17) is 0 Å². The molecular formula is C9H14N2O2S. The lowest BCUT2D eigenvalue weighted by atomic mass is 10.3. The Morgan fingerprint density at radius 1 is 1.21 bits per heavy atom. The van der Waals surface area contributed by atoms with Crippen molar-refractivity contribution < 1.29 is 8.42 Å². The Bertz CT molecular complexity index is 415. The van der Waals surface area contributed by atoms with Gasteiger partial charge in [-0.3, -0.25) is 9.03 Å². The molecule has 0 atom stereocenters. The Hall–Kier alpha value is -1.23. The van der Waals surface area contributed by atoms with Crippen LogP contribution in [0, 0.1) is 0 Å². The zero-order valence-electron chi connectivity index (χ0n) is 8.48. The number of para-hydroxylation sites is 2. The Labute approximate surface area is 84.7 Å². The minimum Gasteiger partial charge on any atom is -0.264 e. The van der Waals surface area contributed by atoms with E-state index in [9.17, 15) is 8.42 Å². The highest BCUT2D eigenvalue weighted by molar-refractivity contribution is 7.94. The molecule has 14 heavy (non-hydrogen) atoms. The van der Waals surface area contributed by atoms with Gasteiger partial charge in [-0.2, -0.15) is 8.42 Å². The first-order valence-corrected chi connectivity index (χ1v) is 5.91. The average Bonchev–Trinajstić information content (AvgIpc) is 2.42. The van der Waals surface area contributed by atoms with Crippen LogP contribution in [0.1, 0.15) is 13.8 Å². The first kappa shape index (κ1) is 10.8. The molecule has 2 rings (SSSR count). The van der Waals surface area contributed by atoms with Gasteiger partial charge in [0.25, 0.3) is 0 Å². The quantitative estimate of drug-likeness (QED) is 0.716. The standard InChI is InChI=1S/C7H8N2O2S.C2H6/c1-9-7-5-3-2-4-6(7)8-12(9,10)11;1-2/h2-5,8H,1H3;1-2H3. The predicted molar refractivity (Wildman–Crippen MR) is 58.7 cm³/mol. The van der Waals surface area contributed by atoms with E-state index in [0.717, 1.165) is 0 Å². The molecule has 0 unspecified atom stereocenters. The molecule has 1 aliphatic heterocycles. The SMILES string of the molecule is CC.CN1c2ccccc2NS1(=O)=O. The van der Waals surface area contributed by atoms with Gasteiger partial charge in [-0.1, -0.05) is 26.0 Å². The second kappa shape index (κ2) is 3.88. The molecule has 4 nitrogen and oxygen atoms in total. The van der Waals surface area contributed by atoms with E-state index in [2.05, 4.69) is 4.72 Å². The van der Waals surface area contributed by atoms with Crippen molar-refractivity contribution >= 4 is 21.6 Å². The highest BCUT2D eigenvalue weighted by atomic mass is 32.2. The second-order valence-electron chi connectivity index (χ2n) is 2.59. The molecule has 1 N–H and O–H groups in total. The summed E-state index contributed by atoms with van der Waals surface area (Å²) in [5, 5.41) is 0. The van der Waals surface area contributed by atoms with Crippen LogP contribution in [-0.4, -0.2) is 15.5 Å². The third-order valence-electron chi connectivity index (χ3n) is 1.84. The number of hydrogen-bond acceptors (Lipinski definition) is 2. The number of rotatable bonds is 0. The molecule has 0 radical (unpaired) electrons. The molecule has 78 valence electrons. The van der Waals surface area contributed by atoms with Crippen molar-refractivity contribution in [2.75, 3.05) is 16.1 Å². The van der Waals surface area contributed by atoms with Crippen LogP contribution < -0.4 is 9.03 Å². The van der Waals surface area contributed by atoms with E-state index in [0.29, 0.717) is 11.4 Å². The fourth-order valence-corrected chi connectivity index (χ4v) is 2.18. The molecule has 1 aliphatic rings. The van der Waals surface area contributed by atoms with Gasteiger partial charge in [0, 0.05) is 7.05 Å². The maximum Gasteiger partial charge on any atom is 0.323 e. The van der Waals surface area contributed by atoms with Crippen LogP contribution in [0.2, 0.25) is 0 Å². The van der Waals surface area contributed by atoms with Gasteiger partial charge in [0.05, 0.1) is 11.4 Å². The molecule has 1 aromatic carbocycles. The predicted octanol–water partition coefficient (Wildman–Crippen LogP) is 1.82. The monoisotopic (exact) mass is 214 g/mol. The smallest absolute Gasteiger partial charge is 0.264 e. The molecular weight excluding hydrogens is 200 g/mol. The number of hydrogen-bond donors (Lipinski definition) is 1. The summed E-state index contributed by atoms with van der Waals surface area (Å²) < 4.78 is 26.1. The summed E-state index contributed by atoms with van der Waals surface area (Å²) in [4.78, 5) is 0. The first-order valence-electron chi connectivity index (χ1n) is 4.47. The minimum absolute atomic E-state index is 0.639. The Morgan fingerprint density at radius 2 is 1.79 bits per heavy atom. The van der Waals surface area contributed by atoms with Crippen molar-refractivity contribution in [1.82, 2.24) is 0 Å². The van der Waals surface area contributed by atoms with E-state index >= 15 is 0 Å². The maximum atomic E-state index is 11.2. The van der Waals surface area contributed by atoms with Crippen LogP contribution in [0.15, 0.2) is 24.3 Å². The second-order valence-corrected chi connectivity index (χ2v) is 4.29. The summed E-state index contributed by atoms with van der Waals surface area (Å²) in [6.45, 7) is 4.00. The van der Waals surface area contributed by atoms with Crippen molar-refractivity contribution in [3.63, 3.8) is 0 Å². The fraction of sp³-hybridized carbons (Fsp3) is 0.333. The normalized spacial score (nSPS) is 16.4. The number of benzene rings is 1. The van der Waals surface area contributed by atoms with Gasteiger partial charge in [0.2, 0.25) is 0 Å². The summed E-state index contributed by atoms with van der Waals surface area (Å²) in [6, 6.07) is 7.08. The van der Waals surface area contributed by atoms with Crippen LogP contribution in [0.4, 0.5) is 11.4 Å². The molecule has 0 aliphatic carbocycles. The Kier molecular flexibility index (Phi) is 3.00. The summed E-state index contributed by atoms with van der Waals surface area (Å²) >= 11 is 0. The van der Waals surface area contributed by atoms with Crippen LogP contribution in [0.25, 0.3) is 0 Å². The van der Waals surface area contributed by atoms with Crippen molar-refractivity contribution in [2.24, 2.45) is 0 Å². The number of nitrogens with one attached hydrogen (secondary N) is 1. The molecule has 0 amide bonds. The van der Waals surface area contributed by atoms with Gasteiger partial charge in [0.1, 0.15) is 0 Å². The lowest BCUT2D eigenvalue weighted by Gasteiger charge is -2.07. The van der Waals surface area contributed by atoms with Crippen LogP contribution >= 0.6 is 0 Å². The van der Waals surface area contributed by atoms with Crippen molar-refractivity contribution in [3.05, 3.63) is 24.3 Å².